The largest absolute Gasteiger partial charge is 0.422 e. The van der Waals surface area contributed by atoms with Crippen LogP contribution in [-0.4, -0.2) is 31.5 Å². The number of likely N-dealkylation sites (N-methyl/N-ethyl adjacent to an activating group) is 1. The van der Waals surface area contributed by atoms with Gasteiger partial charge in [0, 0.05) is 0 Å². The molecule has 0 aliphatic rings. The number of hydrogen-bond donors (Lipinski definition) is 0. The molecular weight excluding hydrogens is 197 g/mol. The Kier molecular flexibility index (Phi) is 3.80. The van der Waals surface area contributed by atoms with Gasteiger partial charge in [-0.3, -0.25) is 9.69 Å². The smallest absolute Gasteiger partial charge is 0.325 e. The van der Waals surface area contributed by atoms with Crippen LogP contribution in [0.3, 0.4) is 0 Å². The van der Waals surface area contributed by atoms with Gasteiger partial charge in [0.2, 0.25) is 0 Å². The zero-order valence-electron chi connectivity index (χ0n) is 9.08. The number of hydrogen-bond acceptors (Lipinski definition) is 3. The molecule has 0 unspecified atom stereocenters. The van der Waals surface area contributed by atoms with Crippen LogP contribution < -0.4 is 4.74 Å². The first kappa shape index (κ1) is 11.7. The summed E-state index contributed by atoms with van der Waals surface area (Å²) in [5.41, 5.74) is 0.851. The van der Waals surface area contributed by atoms with Crippen molar-refractivity contribution in [3.63, 3.8) is 0 Å². The van der Waals surface area contributed by atoms with Crippen LogP contribution in [-0.2, 0) is 4.79 Å². The summed E-state index contributed by atoms with van der Waals surface area (Å²) in [4.78, 5) is 12.9. The van der Waals surface area contributed by atoms with E-state index in [1.807, 2.05) is 6.92 Å². The molecule has 0 aliphatic heterocycles. The van der Waals surface area contributed by atoms with Gasteiger partial charge in [-0.15, -0.1) is 0 Å². The molecule has 0 saturated heterocycles. The van der Waals surface area contributed by atoms with E-state index in [1.165, 1.54) is 12.1 Å². The second-order valence-electron chi connectivity index (χ2n) is 3.65. The van der Waals surface area contributed by atoms with Crippen molar-refractivity contribution in [1.82, 2.24) is 4.90 Å². The highest BCUT2D eigenvalue weighted by atomic mass is 19.1. The molecule has 15 heavy (non-hydrogen) atoms. The lowest BCUT2D eigenvalue weighted by Gasteiger charge is -2.09. The van der Waals surface area contributed by atoms with Crippen LogP contribution in [0.4, 0.5) is 4.39 Å². The fourth-order valence-corrected chi connectivity index (χ4v) is 1.10. The van der Waals surface area contributed by atoms with Crippen molar-refractivity contribution in [3.05, 3.63) is 29.6 Å². The summed E-state index contributed by atoms with van der Waals surface area (Å²) < 4.78 is 18.1. The molecule has 0 aromatic heterocycles. The van der Waals surface area contributed by atoms with Crippen LogP contribution in [0, 0.1) is 12.7 Å². The third-order valence-corrected chi connectivity index (χ3v) is 1.76. The zero-order chi connectivity index (χ0) is 11.4. The molecule has 0 radical (unpaired) electrons. The molecule has 1 aromatic rings. The van der Waals surface area contributed by atoms with Gasteiger partial charge in [0.05, 0.1) is 6.54 Å². The highest BCUT2D eigenvalue weighted by molar-refractivity contribution is 5.74. The van der Waals surface area contributed by atoms with E-state index >= 15 is 0 Å². The molecule has 0 amide bonds. The van der Waals surface area contributed by atoms with Crippen molar-refractivity contribution in [3.8, 4) is 5.75 Å². The number of halogens is 1. The second-order valence-corrected chi connectivity index (χ2v) is 3.65. The first-order valence-corrected chi connectivity index (χ1v) is 4.60. The average molecular weight is 211 g/mol. The summed E-state index contributed by atoms with van der Waals surface area (Å²) in [5, 5.41) is 0. The maximum atomic E-state index is 13.2. The van der Waals surface area contributed by atoms with Gasteiger partial charge in [-0.1, -0.05) is 6.07 Å². The van der Waals surface area contributed by atoms with E-state index in [2.05, 4.69) is 0 Å². The summed E-state index contributed by atoms with van der Waals surface area (Å²) in [6.45, 7) is 1.94. The zero-order valence-corrected chi connectivity index (χ0v) is 9.08. The van der Waals surface area contributed by atoms with Crippen molar-refractivity contribution >= 4 is 5.97 Å². The van der Waals surface area contributed by atoms with E-state index in [1.54, 1.807) is 25.1 Å². The first-order valence-electron chi connectivity index (χ1n) is 4.60. The summed E-state index contributed by atoms with van der Waals surface area (Å²) in [6, 6.07) is 4.41. The van der Waals surface area contributed by atoms with Gasteiger partial charge >= 0.3 is 5.97 Å². The predicted octanol–water partition coefficient (Wildman–Crippen LogP) is 1.60. The molecule has 0 heterocycles. The van der Waals surface area contributed by atoms with Crippen molar-refractivity contribution in [1.29, 1.82) is 0 Å². The van der Waals surface area contributed by atoms with E-state index in [-0.39, 0.29) is 12.3 Å². The lowest BCUT2D eigenvalue weighted by atomic mass is 10.2. The minimum atomic E-state index is -0.521. The van der Waals surface area contributed by atoms with Crippen molar-refractivity contribution < 1.29 is 13.9 Å². The fraction of sp³-hybridized carbons (Fsp3) is 0.364. The molecular formula is C11H14FNO2. The SMILES string of the molecule is Cc1ccc(F)c(OC(=O)CN(C)C)c1. The highest BCUT2D eigenvalue weighted by Gasteiger charge is 2.10. The highest BCUT2D eigenvalue weighted by Crippen LogP contribution is 2.18. The molecule has 82 valence electrons. The van der Waals surface area contributed by atoms with Gasteiger partial charge in [-0.2, -0.15) is 0 Å². The summed E-state index contributed by atoms with van der Waals surface area (Å²) in [5.74, 6) is -1.00. The molecule has 1 rings (SSSR count). The number of benzene rings is 1. The van der Waals surface area contributed by atoms with Gasteiger partial charge in [0.1, 0.15) is 0 Å². The van der Waals surface area contributed by atoms with Crippen LogP contribution in [0.1, 0.15) is 5.56 Å². The van der Waals surface area contributed by atoms with Crippen LogP contribution in [0.5, 0.6) is 5.75 Å². The number of carbonyl (C=O) groups excluding carboxylic acids is 1. The van der Waals surface area contributed by atoms with E-state index in [4.69, 9.17) is 4.74 Å². The molecule has 0 atom stereocenters. The molecule has 0 saturated carbocycles. The molecule has 0 bridgehead atoms. The third-order valence-electron chi connectivity index (χ3n) is 1.76. The normalized spacial score (nSPS) is 10.5. The minimum absolute atomic E-state index is 0.0122. The number of rotatable bonds is 3. The Hall–Kier alpha value is -1.42. The monoisotopic (exact) mass is 211 g/mol. The van der Waals surface area contributed by atoms with Crippen LogP contribution in [0.2, 0.25) is 0 Å². The Morgan fingerprint density at radius 3 is 2.73 bits per heavy atom. The Balaban J connectivity index is 2.71. The Bertz CT molecular complexity index is 364. The molecule has 0 N–H and O–H groups in total. The van der Waals surface area contributed by atoms with Crippen molar-refractivity contribution in [2.75, 3.05) is 20.6 Å². The average Bonchev–Trinajstić information content (AvgIpc) is 2.10. The lowest BCUT2D eigenvalue weighted by Crippen LogP contribution is -2.25. The van der Waals surface area contributed by atoms with Crippen molar-refractivity contribution in [2.24, 2.45) is 0 Å². The molecule has 0 aliphatic carbocycles. The number of carbonyl (C=O) groups is 1. The topological polar surface area (TPSA) is 29.5 Å². The van der Waals surface area contributed by atoms with Crippen LogP contribution in [0.15, 0.2) is 18.2 Å². The Morgan fingerprint density at radius 2 is 2.13 bits per heavy atom. The molecule has 3 nitrogen and oxygen atoms in total. The summed E-state index contributed by atoms with van der Waals surface area (Å²) in [6.07, 6.45) is 0. The quantitative estimate of drug-likeness (QED) is 0.562. The van der Waals surface area contributed by atoms with E-state index in [0.717, 1.165) is 5.56 Å². The third kappa shape index (κ3) is 3.67. The van der Waals surface area contributed by atoms with Crippen LogP contribution in [0.25, 0.3) is 0 Å². The number of ether oxygens (including phenoxy) is 1. The first-order chi connectivity index (χ1) is 6.99. The lowest BCUT2D eigenvalue weighted by molar-refractivity contribution is -0.135. The standard InChI is InChI=1S/C11H14FNO2/c1-8-4-5-9(12)10(6-8)15-11(14)7-13(2)3/h4-6H,7H2,1-3H3. The number of aryl methyl sites for hydroxylation is 1. The van der Waals surface area contributed by atoms with E-state index in [9.17, 15) is 9.18 Å². The fourth-order valence-electron chi connectivity index (χ4n) is 1.10. The second kappa shape index (κ2) is 4.89. The molecule has 0 spiro atoms. The van der Waals surface area contributed by atoms with E-state index in [0.29, 0.717) is 0 Å². The van der Waals surface area contributed by atoms with E-state index < -0.39 is 11.8 Å². The van der Waals surface area contributed by atoms with Gasteiger partial charge < -0.3 is 4.74 Å². The molecule has 1 aromatic carbocycles. The number of esters is 1. The van der Waals surface area contributed by atoms with Gasteiger partial charge in [-0.05, 0) is 38.7 Å². The maximum absolute atomic E-state index is 13.2. The van der Waals surface area contributed by atoms with Gasteiger partial charge in [0.15, 0.2) is 11.6 Å². The van der Waals surface area contributed by atoms with Crippen LogP contribution >= 0.6 is 0 Å². The Morgan fingerprint density at radius 1 is 1.47 bits per heavy atom. The molecule has 0 fully saturated rings. The van der Waals surface area contributed by atoms with Crippen molar-refractivity contribution in [2.45, 2.75) is 6.92 Å². The van der Waals surface area contributed by atoms with Gasteiger partial charge in [-0.25, -0.2) is 4.39 Å². The summed E-state index contributed by atoms with van der Waals surface area (Å²) in [7, 11) is 3.49. The summed E-state index contributed by atoms with van der Waals surface area (Å²) >= 11 is 0. The predicted molar refractivity (Wildman–Crippen MR) is 55.3 cm³/mol. The van der Waals surface area contributed by atoms with Gasteiger partial charge in [0.25, 0.3) is 0 Å². The Labute approximate surface area is 88.5 Å². The molecule has 4 heteroatoms. The number of nitrogens with zero attached hydrogens (tertiary/aromatic N) is 1. The maximum Gasteiger partial charge on any atom is 0.325 e. The minimum Gasteiger partial charge on any atom is -0.422 e.